The number of aliphatic hydroxyl groups is 1. The van der Waals surface area contributed by atoms with Gasteiger partial charge >= 0.3 is 0 Å². The molecule has 1 aromatic heterocycles. The highest BCUT2D eigenvalue weighted by Gasteiger charge is 2.17. The number of fused-ring (bicyclic) bond motifs is 15. The molecule has 6 bridgehead atoms. The quantitative estimate of drug-likeness (QED) is 0.333. The molecule has 2 aliphatic rings. The first-order valence-corrected chi connectivity index (χ1v) is 14.9. The summed E-state index contributed by atoms with van der Waals surface area (Å²) in [5.41, 5.74) is 8.64. The number of hydrogen-bond donors (Lipinski definition) is 4. The number of benzene rings is 2. The van der Waals surface area contributed by atoms with Crippen molar-refractivity contribution in [3.8, 4) is 11.3 Å². The van der Waals surface area contributed by atoms with Crippen molar-refractivity contribution in [2.75, 3.05) is 63.7 Å². The molecule has 5 N–H and O–H groups in total. The molecule has 11 nitrogen and oxygen atoms in total. The Morgan fingerprint density at radius 3 is 2.63 bits per heavy atom. The van der Waals surface area contributed by atoms with Gasteiger partial charge in [-0.15, -0.1) is 0 Å². The second kappa shape index (κ2) is 17.5. The summed E-state index contributed by atoms with van der Waals surface area (Å²) < 4.78 is 26.3. The first-order chi connectivity index (χ1) is 20.0. The van der Waals surface area contributed by atoms with Crippen LogP contribution in [-0.2, 0) is 27.1 Å². The Kier molecular flexibility index (Phi) is 13.8. The van der Waals surface area contributed by atoms with E-state index in [9.17, 15) is 14.1 Å². The minimum Gasteiger partial charge on any atom is -0.395 e. The molecule has 5 rings (SSSR count). The summed E-state index contributed by atoms with van der Waals surface area (Å²) in [5.74, 6) is -0.468. The third-order valence-corrected chi connectivity index (χ3v) is 7.47. The number of aromatic nitrogens is 2. The Morgan fingerprint density at radius 2 is 1.85 bits per heavy atom. The van der Waals surface area contributed by atoms with Gasteiger partial charge in [0.25, 0.3) is 5.91 Å². The van der Waals surface area contributed by atoms with E-state index in [1.807, 2.05) is 32.0 Å². The summed E-state index contributed by atoms with van der Waals surface area (Å²) in [6.45, 7) is 8.02. The molecule has 3 aromatic rings. The molecule has 2 aliphatic heterocycles. The van der Waals surface area contributed by atoms with Gasteiger partial charge in [-0.2, -0.15) is 0 Å². The van der Waals surface area contributed by atoms with Gasteiger partial charge in [0.05, 0.1) is 49.8 Å². The summed E-state index contributed by atoms with van der Waals surface area (Å²) in [6, 6.07) is 14.4. The maximum Gasteiger partial charge on any atom is 0.278 e. The average molecular weight is 585 g/mol. The fraction of sp³-hybridized carbons (Fsp3) is 0.414. The lowest BCUT2D eigenvalue weighted by molar-refractivity contribution is 0.0416. The molecule has 0 spiro atoms. The Hall–Kier alpha value is -3.26. The van der Waals surface area contributed by atoms with Crippen LogP contribution in [0.4, 0.5) is 11.5 Å². The van der Waals surface area contributed by atoms with Crippen LogP contribution in [-0.4, -0.2) is 82.1 Å². The molecule has 0 aliphatic carbocycles. The highest BCUT2D eigenvalue weighted by atomic mass is 32.2. The van der Waals surface area contributed by atoms with Gasteiger partial charge < -0.3 is 30.9 Å². The summed E-state index contributed by atoms with van der Waals surface area (Å²) in [6.07, 6.45) is 2.26. The van der Waals surface area contributed by atoms with Crippen molar-refractivity contribution < 1.29 is 23.6 Å². The molecule has 0 radical (unpaired) electrons. The van der Waals surface area contributed by atoms with Gasteiger partial charge in [0.1, 0.15) is 11.0 Å². The van der Waals surface area contributed by atoms with Crippen LogP contribution < -0.4 is 16.4 Å². The fourth-order valence-electron chi connectivity index (χ4n) is 3.97. The number of nitrogen functional groups attached to an aromatic ring is 1. The van der Waals surface area contributed by atoms with Gasteiger partial charge in [-0.1, -0.05) is 38.1 Å². The Labute approximate surface area is 244 Å². The maximum atomic E-state index is 13.2. The largest absolute Gasteiger partial charge is 0.395 e. The van der Waals surface area contributed by atoms with Gasteiger partial charge in [-0.25, -0.2) is 18.5 Å². The molecule has 12 heteroatoms. The third-order valence-electron chi connectivity index (χ3n) is 5.96. The lowest BCUT2D eigenvalue weighted by Gasteiger charge is -2.20. The van der Waals surface area contributed by atoms with Gasteiger partial charge in [0, 0.05) is 30.9 Å². The summed E-state index contributed by atoms with van der Waals surface area (Å²) >= 11 is 0. The number of nitrogens with one attached hydrogen (secondary N) is 2. The summed E-state index contributed by atoms with van der Waals surface area (Å²) in [4.78, 5) is 22.3. The predicted molar refractivity (Wildman–Crippen MR) is 161 cm³/mol. The number of hydrogen-bond acceptors (Lipinski definition) is 9. The molecule has 0 saturated heterocycles. The van der Waals surface area contributed by atoms with E-state index < -0.39 is 16.9 Å². The number of anilines is 2. The molecule has 0 saturated carbocycles. The molecule has 222 valence electrons. The highest BCUT2D eigenvalue weighted by molar-refractivity contribution is 7.82. The van der Waals surface area contributed by atoms with Crippen molar-refractivity contribution in [2.24, 2.45) is 0 Å². The zero-order valence-electron chi connectivity index (χ0n) is 23.7. The number of ether oxygens (including phenoxy) is 2. The molecular weight excluding hydrogens is 544 g/mol. The average Bonchev–Trinajstić information content (AvgIpc) is 3.00. The number of carbonyl (C=O) groups excluding carboxylic acids is 1. The number of nitrogens with two attached hydrogens (primary N) is 1. The van der Waals surface area contributed by atoms with E-state index in [2.05, 4.69) is 20.6 Å². The van der Waals surface area contributed by atoms with E-state index in [1.165, 1.54) is 6.20 Å². The number of rotatable bonds is 2. The van der Waals surface area contributed by atoms with Crippen LogP contribution in [0.25, 0.3) is 11.3 Å². The lowest BCUT2D eigenvalue weighted by Crippen LogP contribution is -2.32. The number of nitrogens with zero attached hydrogens (tertiary/aromatic N) is 3. The fourth-order valence-corrected chi connectivity index (χ4v) is 5.18. The van der Waals surface area contributed by atoms with Crippen molar-refractivity contribution in [3.63, 3.8) is 0 Å². The van der Waals surface area contributed by atoms with E-state index in [0.717, 1.165) is 18.5 Å². The maximum absolute atomic E-state index is 13.2. The summed E-state index contributed by atoms with van der Waals surface area (Å²) in [5, 5.41) is 15.6. The Morgan fingerprint density at radius 1 is 1.07 bits per heavy atom. The van der Waals surface area contributed by atoms with E-state index >= 15 is 0 Å². The van der Waals surface area contributed by atoms with Crippen molar-refractivity contribution in [2.45, 2.75) is 31.8 Å². The molecule has 41 heavy (non-hydrogen) atoms. The van der Waals surface area contributed by atoms with Crippen LogP contribution in [0.3, 0.4) is 0 Å². The molecule has 1 atom stereocenters. The van der Waals surface area contributed by atoms with Crippen molar-refractivity contribution in [3.05, 3.63) is 66.0 Å². The van der Waals surface area contributed by atoms with Crippen LogP contribution in [0.15, 0.2) is 59.6 Å². The van der Waals surface area contributed by atoms with Gasteiger partial charge in [-0.3, -0.25) is 4.79 Å². The molecule has 1 unspecified atom stereocenters. The molecule has 1 amide bonds. The predicted octanol–water partition coefficient (Wildman–Crippen LogP) is 2.85. The van der Waals surface area contributed by atoms with Crippen molar-refractivity contribution in [1.82, 2.24) is 19.6 Å². The molecule has 0 fully saturated rings. The van der Waals surface area contributed by atoms with Gasteiger partial charge in [0.2, 0.25) is 0 Å². The van der Waals surface area contributed by atoms with Crippen molar-refractivity contribution in [1.29, 1.82) is 0 Å². The second-order valence-corrected chi connectivity index (χ2v) is 10.3. The van der Waals surface area contributed by atoms with E-state index in [1.54, 1.807) is 34.6 Å². The number of aliphatic hydroxyl groups excluding tert-OH is 1. The second-order valence-electron chi connectivity index (χ2n) is 8.84. The van der Waals surface area contributed by atoms with Gasteiger partial charge in [-0.05, 0) is 42.8 Å². The number of amides is 1. The normalized spacial score (nSPS) is 17.8. The summed E-state index contributed by atoms with van der Waals surface area (Å²) in [7, 11) is -1.44. The minimum absolute atomic E-state index is 0.00667. The van der Waals surface area contributed by atoms with Crippen LogP contribution in [0.1, 0.15) is 36.3 Å². The Balaban J connectivity index is 0.00000226. The van der Waals surface area contributed by atoms with Crippen LogP contribution in [0.2, 0.25) is 0 Å². The zero-order chi connectivity index (χ0) is 29.5. The Bertz CT molecular complexity index is 1260. The van der Waals surface area contributed by atoms with Crippen LogP contribution in [0, 0.1) is 0 Å². The third kappa shape index (κ3) is 9.95. The van der Waals surface area contributed by atoms with Crippen molar-refractivity contribution >= 4 is 28.4 Å². The zero-order valence-corrected chi connectivity index (χ0v) is 24.5. The standard InChI is InChI=1S/C27H34N6O5S.C2H6/c28-26-25-27(35)31-22-4-1-3-20(17-22)19-38-16-15-37-14-10-29-9-2-11-33(12-13-34)39(36)23-7-5-21(6-8-23)24(32-25)18-30-26;1-2/h1,3-8,17-18,29,34H,2,9-16,19H2,(H2,28,30)(H,31,35);1-2H3. The van der Waals surface area contributed by atoms with Crippen LogP contribution >= 0.6 is 0 Å². The monoisotopic (exact) mass is 584 g/mol. The first kappa shape index (κ1) is 32.3. The topological polar surface area (TPSA) is 152 Å². The smallest absolute Gasteiger partial charge is 0.278 e. The van der Waals surface area contributed by atoms with E-state index in [-0.39, 0.29) is 18.1 Å². The van der Waals surface area contributed by atoms with Gasteiger partial charge in [0.15, 0.2) is 11.5 Å². The lowest BCUT2D eigenvalue weighted by atomic mass is 10.1. The highest BCUT2D eigenvalue weighted by Crippen LogP contribution is 2.22. The minimum atomic E-state index is -1.44. The molecule has 3 heterocycles. The molecule has 2 aromatic carbocycles. The van der Waals surface area contributed by atoms with E-state index in [0.29, 0.717) is 67.9 Å². The van der Waals surface area contributed by atoms with E-state index in [4.69, 9.17) is 15.2 Å². The number of carbonyl (C=O) groups is 1. The van der Waals surface area contributed by atoms with Crippen LogP contribution in [0.5, 0.6) is 0 Å². The molecular formula is C29H40N6O5S. The first-order valence-electron chi connectivity index (χ1n) is 13.8. The SMILES string of the molecule is CC.Nc1ncc2nc1C(=O)Nc1cccc(c1)COCCOCCNCCCN(CCO)S(=O)c1ccc-2cc1.